The van der Waals surface area contributed by atoms with Gasteiger partial charge in [0.1, 0.15) is 30.2 Å². The molecule has 3 rings (SSSR count). The van der Waals surface area contributed by atoms with Gasteiger partial charge in [0.15, 0.2) is 0 Å². The number of methoxy groups -OCH3 is 2. The van der Waals surface area contributed by atoms with E-state index >= 15 is 0 Å². The maximum Gasteiger partial charge on any atom is 0.255 e. The molecule has 2 aromatic carbocycles. The second-order valence-corrected chi connectivity index (χ2v) is 6.17. The number of rotatable bonds is 7. The van der Waals surface area contributed by atoms with Gasteiger partial charge in [-0.05, 0) is 43.3 Å². The molecule has 3 aromatic rings. The Morgan fingerprint density at radius 1 is 0.966 bits per heavy atom. The summed E-state index contributed by atoms with van der Waals surface area (Å²) in [6.45, 7) is 1.72. The monoisotopic (exact) mass is 395 g/mol. The zero-order valence-electron chi connectivity index (χ0n) is 16.2. The van der Waals surface area contributed by atoms with E-state index in [-0.39, 0.29) is 11.8 Å². The second-order valence-electron chi connectivity index (χ2n) is 6.17. The standard InChI is InChI=1S/C20H21N5O4/c1-13(25-12-21-11-22-25)19(26)23-15-4-6-16(7-5-15)24-20(27)14-8-17(28-2)10-18(9-14)29-3/h4-13H,1-3H3,(H,23,26)(H,24,27). The Labute approximate surface area is 167 Å². The number of ether oxygens (including phenoxy) is 2. The van der Waals surface area contributed by atoms with Gasteiger partial charge >= 0.3 is 0 Å². The predicted octanol–water partition coefficient (Wildman–Crippen LogP) is 2.75. The molecule has 0 fully saturated rings. The number of nitrogens with zero attached hydrogens (tertiary/aromatic N) is 3. The molecule has 0 spiro atoms. The van der Waals surface area contributed by atoms with E-state index in [1.807, 2.05) is 0 Å². The number of amides is 2. The molecule has 1 heterocycles. The minimum atomic E-state index is -0.500. The van der Waals surface area contributed by atoms with Crippen LogP contribution in [0.3, 0.4) is 0 Å². The molecule has 1 aromatic heterocycles. The van der Waals surface area contributed by atoms with Crippen molar-refractivity contribution in [2.75, 3.05) is 24.9 Å². The third-order valence-corrected chi connectivity index (χ3v) is 4.24. The maximum absolute atomic E-state index is 12.5. The Morgan fingerprint density at radius 2 is 1.55 bits per heavy atom. The molecule has 0 saturated carbocycles. The van der Waals surface area contributed by atoms with Gasteiger partial charge in [-0.15, -0.1) is 0 Å². The molecule has 2 N–H and O–H groups in total. The molecule has 2 amide bonds. The highest BCUT2D eigenvalue weighted by atomic mass is 16.5. The molecule has 9 nitrogen and oxygen atoms in total. The molecule has 29 heavy (non-hydrogen) atoms. The van der Waals surface area contributed by atoms with Gasteiger partial charge in [0.25, 0.3) is 5.91 Å². The molecular weight excluding hydrogens is 374 g/mol. The van der Waals surface area contributed by atoms with Crippen LogP contribution in [0.4, 0.5) is 11.4 Å². The topological polar surface area (TPSA) is 107 Å². The number of carbonyl (C=O) groups excluding carboxylic acids is 2. The molecule has 0 bridgehead atoms. The average Bonchev–Trinajstić information content (AvgIpc) is 3.28. The molecule has 0 aliphatic carbocycles. The van der Waals surface area contributed by atoms with Crippen molar-refractivity contribution in [1.82, 2.24) is 14.8 Å². The molecule has 0 aliphatic rings. The lowest BCUT2D eigenvalue weighted by Gasteiger charge is -2.13. The molecule has 0 saturated heterocycles. The molecule has 0 aliphatic heterocycles. The summed E-state index contributed by atoms with van der Waals surface area (Å²) in [5.41, 5.74) is 1.59. The Bertz CT molecular complexity index is 964. The van der Waals surface area contributed by atoms with Gasteiger partial charge in [0.2, 0.25) is 5.91 Å². The van der Waals surface area contributed by atoms with Crippen LogP contribution in [0, 0.1) is 0 Å². The summed E-state index contributed by atoms with van der Waals surface area (Å²) in [5.74, 6) is 0.512. The van der Waals surface area contributed by atoms with E-state index in [2.05, 4.69) is 20.7 Å². The van der Waals surface area contributed by atoms with Crippen LogP contribution < -0.4 is 20.1 Å². The number of nitrogens with one attached hydrogen (secondary N) is 2. The number of hydrogen-bond donors (Lipinski definition) is 2. The fraction of sp³-hybridized carbons (Fsp3) is 0.200. The predicted molar refractivity (Wildman–Crippen MR) is 107 cm³/mol. The number of benzene rings is 2. The third-order valence-electron chi connectivity index (χ3n) is 4.24. The van der Waals surface area contributed by atoms with Crippen molar-refractivity contribution in [3.05, 3.63) is 60.7 Å². The van der Waals surface area contributed by atoms with Gasteiger partial charge in [-0.2, -0.15) is 5.10 Å². The molecule has 0 radical (unpaired) electrons. The highest BCUT2D eigenvalue weighted by Gasteiger charge is 2.15. The number of hydrogen-bond acceptors (Lipinski definition) is 6. The average molecular weight is 395 g/mol. The first-order valence-electron chi connectivity index (χ1n) is 8.79. The van der Waals surface area contributed by atoms with Crippen molar-refractivity contribution in [2.45, 2.75) is 13.0 Å². The fourth-order valence-corrected chi connectivity index (χ4v) is 2.56. The van der Waals surface area contributed by atoms with Gasteiger partial charge < -0.3 is 20.1 Å². The summed E-state index contributed by atoms with van der Waals surface area (Å²) in [5, 5.41) is 9.56. The summed E-state index contributed by atoms with van der Waals surface area (Å²) in [6, 6.07) is 11.2. The Hall–Kier alpha value is -3.88. The van der Waals surface area contributed by atoms with Crippen LogP contribution in [0.15, 0.2) is 55.1 Å². The lowest BCUT2D eigenvalue weighted by Crippen LogP contribution is -2.24. The first-order valence-corrected chi connectivity index (χ1v) is 8.79. The van der Waals surface area contributed by atoms with Gasteiger partial charge in [-0.25, -0.2) is 9.67 Å². The number of anilines is 2. The summed E-state index contributed by atoms with van der Waals surface area (Å²) in [7, 11) is 3.04. The maximum atomic E-state index is 12.5. The van der Waals surface area contributed by atoms with Crippen LogP contribution >= 0.6 is 0 Å². The lowest BCUT2D eigenvalue weighted by atomic mass is 10.1. The van der Waals surface area contributed by atoms with Crippen LogP contribution in [-0.2, 0) is 4.79 Å². The van der Waals surface area contributed by atoms with E-state index in [1.165, 1.54) is 31.6 Å². The summed E-state index contributed by atoms with van der Waals surface area (Å²) in [6.07, 6.45) is 2.86. The van der Waals surface area contributed by atoms with Crippen molar-refractivity contribution in [1.29, 1.82) is 0 Å². The van der Waals surface area contributed by atoms with E-state index in [9.17, 15) is 9.59 Å². The lowest BCUT2D eigenvalue weighted by molar-refractivity contribution is -0.119. The normalized spacial score (nSPS) is 11.4. The molecule has 9 heteroatoms. The van der Waals surface area contributed by atoms with E-state index in [0.717, 1.165) is 0 Å². The van der Waals surface area contributed by atoms with Gasteiger partial charge in [0, 0.05) is 23.0 Å². The zero-order valence-corrected chi connectivity index (χ0v) is 16.2. The molecular formula is C20H21N5O4. The Kier molecular flexibility index (Phi) is 6.08. The second kappa shape index (κ2) is 8.87. The molecule has 150 valence electrons. The van der Waals surface area contributed by atoms with Crippen molar-refractivity contribution in [3.63, 3.8) is 0 Å². The highest BCUT2D eigenvalue weighted by molar-refractivity contribution is 6.05. The fourth-order valence-electron chi connectivity index (χ4n) is 2.56. The van der Waals surface area contributed by atoms with Gasteiger partial charge in [-0.1, -0.05) is 0 Å². The number of aromatic nitrogens is 3. The first kappa shape index (κ1) is 19.9. The largest absolute Gasteiger partial charge is 0.497 e. The Morgan fingerprint density at radius 3 is 2.07 bits per heavy atom. The van der Waals surface area contributed by atoms with E-state index in [0.29, 0.717) is 28.4 Å². The van der Waals surface area contributed by atoms with E-state index < -0.39 is 6.04 Å². The SMILES string of the molecule is COc1cc(OC)cc(C(=O)Nc2ccc(NC(=O)C(C)n3cncn3)cc2)c1. The van der Waals surface area contributed by atoms with Crippen LogP contribution in [0.1, 0.15) is 23.3 Å². The van der Waals surface area contributed by atoms with E-state index in [1.54, 1.807) is 49.4 Å². The quantitative estimate of drug-likeness (QED) is 0.637. The van der Waals surface area contributed by atoms with Crippen LogP contribution in [0.2, 0.25) is 0 Å². The minimum Gasteiger partial charge on any atom is -0.497 e. The summed E-state index contributed by atoms with van der Waals surface area (Å²) < 4.78 is 11.8. The molecule has 1 atom stereocenters. The highest BCUT2D eigenvalue weighted by Crippen LogP contribution is 2.23. The summed E-state index contributed by atoms with van der Waals surface area (Å²) in [4.78, 5) is 28.6. The van der Waals surface area contributed by atoms with Crippen molar-refractivity contribution in [3.8, 4) is 11.5 Å². The third kappa shape index (κ3) is 4.89. The van der Waals surface area contributed by atoms with Gasteiger partial charge in [0.05, 0.1) is 14.2 Å². The van der Waals surface area contributed by atoms with E-state index in [4.69, 9.17) is 9.47 Å². The molecule has 1 unspecified atom stereocenters. The Balaban J connectivity index is 1.64. The summed E-state index contributed by atoms with van der Waals surface area (Å²) >= 11 is 0. The number of carbonyl (C=O) groups is 2. The minimum absolute atomic E-state index is 0.226. The van der Waals surface area contributed by atoms with Crippen molar-refractivity contribution in [2.24, 2.45) is 0 Å². The van der Waals surface area contributed by atoms with Crippen LogP contribution in [0.25, 0.3) is 0 Å². The zero-order chi connectivity index (χ0) is 20.8. The van der Waals surface area contributed by atoms with Crippen LogP contribution in [0.5, 0.6) is 11.5 Å². The smallest absolute Gasteiger partial charge is 0.255 e. The first-order chi connectivity index (χ1) is 14.0. The van der Waals surface area contributed by atoms with Crippen molar-refractivity contribution >= 4 is 23.2 Å². The van der Waals surface area contributed by atoms with Crippen LogP contribution in [-0.4, -0.2) is 40.8 Å². The van der Waals surface area contributed by atoms with Crippen molar-refractivity contribution < 1.29 is 19.1 Å². The van der Waals surface area contributed by atoms with Gasteiger partial charge in [-0.3, -0.25) is 9.59 Å².